The van der Waals surface area contributed by atoms with E-state index in [4.69, 9.17) is 5.11 Å². The minimum Gasteiger partial charge on any atom is -0.480 e. The predicted octanol–water partition coefficient (Wildman–Crippen LogP) is 0.0232. The number of carbonyl (C=O) groups is 2. The molecular weight excluding hydrogens is 250 g/mol. The van der Waals surface area contributed by atoms with Crippen LogP contribution in [-0.4, -0.2) is 39.3 Å². The highest BCUT2D eigenvalue weighted by Gasteiger charge is 2.24. The van der Waals surface area contributed by atoms with Crippen LogP contribution in [0.5, 0.6) is 0 Å². The first-order valence-electron chi connectivity index (χ1n) is 5.78. The molecule has 2 amide bonds. The van der Waals surface area contributed by atoms with Crippen LogP contribution >= 0.6 is 0 Å². The quantitative estimate of drug-likeness (QED) is 0.601. The summed E-state index contributed by atoms with van der Waals surface area (Å²) >= 11 is 0. The van der Waals surface area contributed by atoms with E-state index in [1.807, 2.05) is 19.1 Å². The van der Waals surface area contributed by atoms with Gasteiger partial charge in [-0.2, -0.15) is 0 Å². The number of carboxylic acids is 1. The number of aromatic nitrogens is 1. The van der Waals surface area contributed by atoms with Crippen LogP contribution in [0.4, 0.5) is 4.79 Å². The second kappa shape index (κ2) is 6.69. The van der Waals surface area contributed by atoms with Crippen molar-refractivity contribution in [1.82, 2.24) is 15.6 Å². The summed E-state index contributed by atoms with van der Waals surface area (Å²) in [6.07, 6.45) is -1.18. The molecule has 7 heteroatoms. The summed E-state index contributed by atoms with van der Waals surface area (Å²) < 4.78 is 0. The van der Waals surface area contributed by atoms with Crippen LogP contribution in [0, 0.1) is 6.92 Å². The van der Waals surface area contributed by atoms with E-state index in [-0.39, 0.29) is 6.54 Å². The first-order valence-corrected chi connectivity index (χ1v) is 5.78. The molecule has 0 aliphatic carbocycles. The topological polar surface area (TPSA) is 112 Å². The van der Waals surface area contributed by atoms with E-state index < -0.39 is 24.1 Å². The largest absolute Gasteiger partial charge is 0.480 e. The van der Waals surface area contributed by atoms with Crippen LogP contribution in [0.25, 0.3) is 0 Å². The number of aliphatic hydroxyl groups excluding tert-OH is 1. The number of rotatable bonds is 5. The lowest BCUT2D eigenvalue weighted by Crippen LogP contribution is -2.51. The Morgan fingerprint density at radius 2 is 2.11 bits per heavy atom. The molecule has 104 valence electrons. The van der Waals surface area contributed by atoms with E-state index in [1.54, 1.807) is 6.07 Å². The lowest BCUT2D eigenvalue weighted by atomic mass is 10.2. The SMILES string of the molecule is Cc1cccc(CNC(=O)NC(C(=O)O)C(C)O)n1. The number of carbonyl (C=O) groups excluding carboxylic acids is 1. The van der Waals surface area contributed by atoms with Gasteiger partial charge < -0.3 is 20.8 Å². The molecule has 1 aromatic rings. The number of urea groups is 1. The molecule has 19 heavy (non-hydrogen) atoms. The summed E-state index contributed by atoms with van der Waals surface area (Å²) in [6.45, 7) is 3.30. The van der Waals surface area contributed by atoms with Gasteiger partial charge in [-0.15, -0.1) is 0 Å². The number of aliphatic hydroxyl groups is 1. The summed E-state index contributed by atoms with van der Waals surface area (Å²) in [7, 11) is 0. The Hall–Kier alpha value is -2.15. The van der Waals surface area contributed by atoms with Gasteiger partial charge in [0, 0.05) is 5.69 Å². The molecule has 0 aromatic carbocycles. The van der Waals surface area contributed by atoms with Gasteiger partial charge in [0.05, 0.1) is 18.3 Å². The minimum absolute atomic E-state index is 0.180. The molecule has 4 N–H and O–H groups in total. The Morgan fingerprint density at radius 3 is 2.63 bits per heavy atom. The molecule has 1 rings (SSSR count). The van der Waals surface area contributed by atoms with Crippen molar-refractivity contribution in [3.05, 3.63) is 29.6 Å². The Balaban J connectivity index is 2.49. The molecular formula is C12H17N3O4. The van der Waals surface area contributed by atoms with Gasteiger partial charge >= 0.3 is 12.0 Å². The maximum Gasteiger partial charge on any atom is 0.328 e. The molecule has 7 nitrogen and oxygen atoms in total. The smallest absolute Gasteiger partial charge is 0.328 e. The van der Waals surface area contributed by atoms with Crippen LogP contribution in [-0.2, 0) is 11.3 Å². The zero-order valence-corrected chi connectivity index (χ0v) is 10.8. The molecule has 1 heterocycles. The van der Waals surface area contributed by atoms with Gasteiger partial charge in [0.2, 0.25) is 0 Å². The number of nitrogens with zero attached hydrogens (tertiary/aromatic N) is 1. The second-order valence-electron chi connectivity index (χ2n) is 4.15. The monoisotopic (exact) mass is 267 g/mol. The van der Waals surface area contributed by atoms with Crippen molar-refractivity contribution in [2.24, 2.45) is 0 Å². The molecule has 1 aromatic heterocycles. The van der Waals surface area contributed by atoms with Gasteiger partial charge in [0.25, 0.3) is 0 Å². The third-order valence-corrected chi connectivity index (χ3v) is 2.41. The first-order chi connectivity index (χ1) is 8.90. The van der Waals surface area contributed by atoms with Crippen molar-refractivity contribution in [2.75, 3.05) is 0 Å². The second-order valence-corrected chi connectivity index (χ2v) is 4.15. The van der Waals surface area contributed by atoms with Crippen molar-refractivity contribution in [3.63, 3.8) is 0 Å². The van der Waals surface area contributed by atoms with Crippen LogP contribution in [0.3, 0.4) is 0 Å². The van der Waals surface area contributed by atoms with Gasteiger partial charge in [-0.05, 0) is 26.0 Å². The number of carboxylic acid groups (broad SMARTS) is 1. The highest BCUT2D eigenvalue weighted by atomic mass is 16.4. The van der Waals surface area contributed by atoms with E-state index in [1.165, 1.54) is 6.92 Å². The Bertz CT molecular complexity index is 462. The number of nitrogens with one attached hydrogen (secondary N) is 2. The third-order valence-electron chi connectivity index (χ3n) is 2.41. The van der Waals surface area contributed by atoms with Crippen LogP contribution in [0.1, 0.15) is 18.3 Å². The first kappa shape index (κ1) is 14.9. The van der Waals surface area contributed by atoms with Crippen LogP contribution in [0.2, 0.25) is 0 Å². The zero-order valence-electron chi connectivity index (χ0n) is 10.8. The molecule has 2 atom stereocenters. The van der Waals surface area contributed by atoms with E-state index in [0.717, 1.165) is 5.69 Å². The molecule has 2 unspecified atom stereocenters. The summed E-state index contributed by atoms with van der Waals surface area (Å²) in [6, 6.07) is 3.38. The summed E-state index contributed by atoms with van der Waals surface area (Å²) in [4.78, 5) is 26.5. The lowest BCUT2D eigenvalue weighted by molar-refractivity contribution is -0.141. The fourth-order valence-electron chi connectivity index (χ4n) is 1.45. The molecule has 0 aliphatic heterocycles. The van der Waals surface area contributed by atoms with E-state index >= 15 is 0 Å². The number of aliphatic carboxylic acids is 1. The number of hydrogen-bond donors (Lipinski definition) is 4. The average Bonchev–Trinajstić information content (AvgIpc) is 2.32. The van der Waals surface area contributed by atoms with Crippen LogP contribution < -0.4 is 10.6 Å². The lowest BCUT2D eigenvalue weighted by Gasteiger charge is -2.17. The highest BCUT2D eigenvalue weighted by molar-refractivity contribution is 5.82. The predicted molar refractivity (Wildman–Crippen MR) is 67.5 cm³/mol. The molecule has 0 radical (unpaired) electrons. The maximum atomic E-state index is 11.5. The highest BCUT2D eigenvalue weighted by Crippen LogP contribution is 1.98. The van der Waals surface area contributed by atoms with E-state index in [2.05, 4.69) is 15.6 Å². The standard InChI is InChI=1S/C12H17N3O4/c1-7-4-3-5-9(14-7)6-13-12(19)15-10(8(2)16)11(17)18/h3-5,8,10,16H,6H2,1-2H3,(H,17,18)(H2,13,15,19). The fraction of sp³-hybridized carbons (Fsp3) is 0.417. The number of pyridine rings is 1. The number of amides is 2. The van der Waals surface area contributed by atoms with E-state index in [0.29, 0.717) is 5.69 Å². The van der Waals surface area contributed by atoms with Crippen molar-refractivity contribution < 1.29 is 19.8 Å². The molecule has 0 saturated heterocycles. The van der Waals surface area contributed by atoms with Crippen molar-refractivity contribution in [2.45, 2.75) is 32.5 Å². The minimum atomic E-state index is -1.34. The van der Waals surface area contributed by atoms with Gasteiger partial charge in [-0.3, -0.25) is 4.98 Å². The Labute approximate surface area is 110 Å². The van der Waals surface area contributed by atoms with Gasteiger partial charge in [-0.25, -0.2) is 9.59 Å². The van der Waals surface area contributed by atoms with Crippen molar-refractivity contribution in [3.8, 4) is 0 Å². The van der Waals surface area contributed by atoms with Crippen LogP contribution in [0.15, 0.2) is 18.2 Å². The van der Waals surface area contributed by atoms with Crippen molar-refractivity contribution >= 4 is 12.0 Å². The Kier molecular flexibility index (Phi) is 5.25. The zero-order chi connectivity index (χ0) is 14.4. The van der Waals surface area contributed by atoms with Gasteiger partial charge in [0.1, 0.15) is 0 Å². The normalized spacial score (nSPS) is 13.4. The van der Waals surface area contributed by atoms with Crippen molar-refractivity contribution in [1.29, 1.82) is 0 Å². The molecule has 0 saturated carbocycles. The van der Waals surface area contributed by atoms with Gasteiger partial charge in [-0.1, -0.05) is 6.07 Å². The molecule has 0 aliphatic rings. The summed E-state index contributed by atoms with van der Waals surface area (Å²) in [5.41, 5.74) is 1.49. The van der Waals surface area contributed by atoms with E-state index in [9.17, 15) is 14.7 Å². The fourth-order valence-corrected chi connectivity index (χ4v) is 1.45. The maximum absolute atomic E-state index is 11.5. The Morgan fingerprint density at radius 1 is 1.42 bits per heavy atom. The molecule has 0 fully saturated rings. The summed E-state index contributed by atoms with van der Waals surface area (Å²) in [5, 5.41) is 22.7. The van der Waals surface area contributed by atoms with Gasteiger partial charge in [0.15, 0.2) is 6.04 Å². The third kappa shape index (κ3) is 4.92. The number of aryl methyl sites for hydroxylation is 1. The number of hydrogen-bond acceptors (Lipinski definition) is 4. The summed E-state index contributed by atoms with van der Waals surface area (Å²) in [5.74, 6) is -1.29. The average molecular weight is 267 g/mol. The molecule has 0 spiro atoms. The molecule has 0 bridgehead atoms.